The summed E-state index contributed by atoms with van der Waals surface area (Å²) in [5, 5.41) is 8.16. The SMILES string of the molecule is Cc1ccc2ccc3c(C)c(S)c(C)c4ccc1c2c34. The van der Waals surface area contributed by atoms with Crippen molar-refractivity contribution in [1.29, 1.82) is 0 Å². The van der Waals surface area contributed by atoms with Gasteiger partial charge in [-0.1, -0.05) is 36.4 Å². The largest absolute Gasteiger partial charge is 0.143 e. The molecule has 0 aromatic heterocycles. The number of rotatable bonds is 0. The van der Waals surface area contributed by atoms with Gasteiger partial charge in [0.05, 0.1) is 0 Å². The Kier molecular flexibility index (Phi) is 2.34. The first-order valence-electron chi connectivity index (χ1n) is 6.96. The van der Waals surface area contributed by atoms with Crippen LogP contribution in [0.4, 0.5) is 0 Å². The molecule has 0 radical (unpaired) electrons. The number of thiol groups is 1. The summed E-state index contributed by atoms with van der Waals surface area (Å²) in [5.41, 5.74) is 3.92. The van der Waals surface area contributed by atoms with E-state index in [4.69, 9.17) is 12.6 Å². The minimum atomic E-state index is 1.12. The van der Waals surface area contributed by atoms with Crippen LogP contribution in [0.3, 0.4) is 0 Å². The van der Waals surface area contributed by atoms with Crippen molar-refractivity contribution in [1.82, 2.24) is 0 Å². The summed E-state index contributed by atoms with van der Waals surface area (Å²) in [7, 11) is 0. The second kappa shape index (κ2) is 3.89. The predicted molar refractivity (Wildman–Crippen MR) is 91.6 cm³/mol. The molecule has 1 heteroatoms. The second-order valence-corrected chi connectivity index (χ2v) is 6.18. The third kappa shape index (κ3) is 1.34. The third-order valence-corrected chi connectivity index (χ3v) is 5.32. The van der Waals surface area contributed by atoms with Crippen LogP contribution in [-0.4, -0.2) is 0 Å². The summed E-state index contributed by atoms with van der Waals surface area (Å²) in [6.07, 6.45) is 0. The molecule has 0 aliphatic rings. The minimum absolute atomic E-state index is 1.12. The van der Waals surface area contributed by atoms with E-state index in [9.17, 15) is 0 Å². The van der Waals surface area contributed by atoms with E-state index in [1.807, 2.05) is 0 Å². The lowest BCUT2D eigenvalue weighted by Crippen LogP contribution is -1.92. The Morgan fingerprint density at radius 2 is 1.20 bits per heavy atom. The van der Waals surface area contributed by atoms with Gasteiger partial charge < -0.3 is 0 Å². The molecule has 0 heterocycles. The molecular weight excluding hydrogens is 260 g/mol. The van der Waals surface area contributed by atoms with Crippen LogP contribution in [0.5, 0.6) is 0 Å². The lowest BCUT2D eigenvalue weighted by molar-refractivity contribution is 1.28. The van der Waals surface area contributed by atoms with Crippen molar-refractivity contribution < 1.29 is 0 Å². The molecule has 0 N–H and O–H groups in total. The number of aryl methyl sites for hydroxylation is 3. The van der Waals surface area contributed by atoms with E-state index in [0.717, 1.165) is 4.90 Å². The number of hydrogen-bond donors (Lipinski definition) is 1. The van der Waals surface area contributed by atoms with Crippen molar-refractivity contribution in [2.45, 2.75) is 25.7 Å². The van der Waals surface area contributed by atoms with E-state index in [1.54, 1.807) is 0 Å². The monoisotopic (exact) mass is 276 g/mol. The smallest absolute Gasteiger partial charge is 0.0111 e. The fraction of sp³-hybridized carbons (Fsp3) is 0.158. The van der Waals surface area contributed by atoms with Crippen LogP contribution in [0.1, 0.15) is 16.7 Å². The molecule has 0 spiro atoms. The zero-order chi connectivity index (χ0) is 14.0. The highest BCUT2D eigenvalue weighted by molar-refractivity contribution is 7.80. The zero-order valence-corrected chi connectivity index (χ0v) is 12.8. The third-order valence-electron chi connectivity index (χ3n) is 4.65. The van der Waals surface area contributed by atoms with Gasteiger partial charge in [-0.15, -0.1) is 12.6 Å². The fourth-order valence-electron chi connectivity index (χ4n) is 3.46. The first-order chi connectivity index (χ1) is 9.59. The van der Waals surface area contributed by atoms with Gasteiger partial charge in [-0.25, -0.2) is 0 Å². The summed E-state index contributed by atoms with van der Waals surface area (Å²) in [6.45, 7) is 6.54. The Morgan fingerprint density at radius 3 is 1.90 bits per heavy atom. The Balaban J connectivity index is 2.46. The van der Waals surface area contributed by atoms with Gasteiger partial charge in [0.15, 0.2) is 0 Å². The second-order valence-electron chi connectivity index (χ2n) is 5.73. The Morgan fingerprint density at radius 1 is 0.650 bits per heavy atom. The molecule has 0 fully saturated rings. The summed E-state index contributed by atoms with van der Waals surface area (Å²) < 4.78 is 0. The molecule has 0 unspecified atom stereocenters. The van der Waals surface area contributed by atoms with Crippen LogP contribution < -0.4 is 0 Å². The van der Waals surface area contributed by atoms with E-state index >= 15 is 0 Å². The standard InChI is InChI=1S/C19H16S/c1-10-4-5-13-6-7-15-11(2)19(20)12(3)16-9-8-14(10)17(13)18(15)16/h4-9,20H,1-3H3. The molecule has 0 nitrogen and oxygen atoms in total. The van der Waals surface area contributed by atoms with E-state index < -0.39 is 0 Å². The van der Waals surface area contributed by atoms with Crippen LogP contribution in [0.25, 0.3) is 32.3 Å². The first kappa shape index (κ1) is 12.0. The van der Waals surface area contributed by atoms with Gasteiger partial charge in [-0.2, -0.15) is 0 Å². The van der Waals surface area contributed by atoms with E-state index in [2.05, 4.69) is 57.2 Å². The van der Waals surface area contributed by atoms with Crippen molar-refractivity contribution in [2.75, 3.05) is 0 Å². The van der Waals surface area contributed by atoms with Crippen LogP contribution in [0.2, 0.25) is 0 Å². The average Bonchev–Trinajstić information content (AvgIpc) is 2.47. The topological polar surface area (TPSA) is 0 Å². The quantitative estimate of drug-likeness (QED) is 0.304. The van der Waals surface area contributed by atoms with E-state index in [0.29, 0.717) is 0 Å². The highest BCUT2D eigenvalue weighted by Crippen LogP contribution is 2.40. The molecule has 0 saturated carbocycles. The van der Waals surface area contributed by atoms with Crippen LogP contribution in [-0.2, 0) is 0 Å². The molecule has 0 aliphatic heterocycles. The molecule has 98 valence electrons. The van der Waals surface area contributed by atoms with Gasteiger partial charge >= 0.3 is 0 Å². The van der Waals surface area contributed by atoms with Gasteiger partial charge in [-0.3, -0.25) is 0 Å². The Hall–Kier alpha value is -1.73. The van der Waals surface area contributed by atoms with Crippen molar-refractivity contribution in [3.8, 4) is 0 Å². The molecule has 4 aromatic rings. The van der Waals surface area contributed by atoms with E-state index in [1.165, 1.54) is 49.0 Å². The van der Waals surface area contributed by atoms with Crippen molar-refractivity contribution in [3.63, 3.8) is 0 Å². The van der Waals surface area contributed by atoms with Gasteiger partial charge in [0.2, 0.25) is 0 Å². The normalized spacial score (nSPS) is 12.0. The van der Waals surface area contributed by atoms with Gasteiger partial charge in [0.1, 0.15) is 0 Å². The lowest BCUT2D eigenvalue weighted by atomic mass is 9.88. The average molecular weight is 276 g/mol. The van der Waals surface area contributed by atoms with Crippen molar-refractivity contribution >= 4 is 44.9 Å². The minimum Gasteiger partial charge on any atom is -0.143 e. The van der Waals surface area contributed by atoms with Crippen molar-refractivity contribution in [2.24, 2.45) is 0 Å². The highest BCUT2D eigenvalue weighted by Gasteiger charge is 2.14. The molecule has 0 aliphatic carbocycles. The molecule has 4 rings (SSSR count). The maximum absolute atomic E-state index is 4.71. The molecule has 0 atom stereocenters. The predicted octanol–water partition coefficient (Wildman–Crippen LogP) is 5.80. The number of benzene rings is 4. The van der Waals surface area contributed by atoms with Gasteiger partial charge in [0.25, 0.3) is 0 Å². The first-order valence-corrected chi connectivity index (χ1v) is 7.40. The Bertz CT molecular complexity index is 955. The molecule has 4 aromatic carbocycles. The lowest BCUT2D eigenvalue weighted by Gasteiger charge is -2.17. The highest BCUT2D eigenvalue weighted by atomic mass is 32.1. The van der Waals surface area contributed by atoms with E-state index in [-0.39, 0.29) is 0 Å². The molecule has 0 amide bonds. The number of hydrogen-bond acceptors (Lipinski definition) is 1. The molecular formula is C19H16S. The van der Waals surface area contributed by atoms with Gasteiger partial charge in [-0.05, 0) is 69.8 Å². The van der Waals surface area contributed by atoms with Crippen molar-refractivity contribution in [3.05, 3.63) is 53.1 Å². The summed E-state index contributed by atoms with van der Waals surface area (Å²) in [6, 6.07) is 13.4. The summed E-state index contributed by atoms with van der Waals surface area (Å²) in [5.74, 6) is 0. The maximum atomic E-state index is 4.71. The fourth-order valence-corrected chi connectivity index (χ4v) is 3.70. The van der Waals surface area contributed by atoms with Gasteiger partial charge in [0, 0.05) is 4.90 Å². The van der Waals surface area contributed by atoms with Crippen LogP contribution in [0.15, 0.2) is 41.3 Å². The summed E-state index contributed by atoms with van der Waals surface area (Å²) >= 11 is 4.71. The molecule has 0 saturated heterocycles. The summed E-state index contributed by atoms with van der Waals surface area (Å²) in [4.78, 5) is 1.12. The zero-order valence-electron chi connectivity index (χ0n) is 11.9. The van der Waals surface area contributed by atoms with Crippen LogP contribution >= 0.6 is 12.6 Å². The molecule has 20 heavy (non-hydrogen) atoms. The Labute approximate surface area is 124 Å². The molecule has 0 bridgehead atoms. The van der Waals surface area contributed by atoms with Crippen LogP contribution in [0, 0.1) is 20.8 Å². The maximum Gasteiger partial charge on any atom is 0.0111 e.